The minimum absolute atomic E-state index is 0.00392. The van der Waals surface area contributed by atoms with E-state index in [4.69, 9.17) is 0 Å². The Morgan fingerprint density at radius 2 is 1.74 bits per heavy atom. The molecule has 1 atom stereocenters. The standard InChI is InChI=1S/C27H37N5O2/c1-29-11-8-22(9-12-29)23-6-7-25(28-16-23)18-31-14-15-32(27(31)34)20-26(33)19-30-13-10-21-4-2-3-5-24(21)17-30/h2-7,16,22,26,33H,8-15,17-20H2,1H3/t26-/m1/s1. The van der Waals surface area contributed by atoms with Gasteiger partial charge >= 0.3 is 6.03 Å². The highest BCUT2D eigenvalue weighted by Gasteiger charge is 2.31. The molecular formula is C27H37N5O2. The van der Waals surface area contributed by atoms with Crippen molar-refractivity contribution in [2.24, 2.45) is 0 Å². The van der Waals surface area contributed by atoms with Gasteiger partial charge < -0.3 is 19.8 Å². The lowest BCUT2D eigenvalue weighted by molar-refractivity contribution is 0.0812. The average molecular weight is 464 g/mol. The number of likely N-dealkylation sites (tertiary alicyclic amines) is 1. The highest BCUT2D eigenvalue weighted by molar-refractivity contribution is 5.76. The lowest BCUT2D eigenvalue weighted by Crippen LogP contribution is -2.43. The number of urea groups is 1. The van der Waals surface area contributed by atoms with Crippen LogP contribution in [-0.4, -0.2) is 94.7 Å². The molecule has 1 aromatic carbocycles. The van der Waals surface area contributed by atoms with Crippen molar-refractivity contribution in [3.8, 4) is 0 Å². The molecule has 2 aromatic rings. The second-order valence-corrected chi connectivity index (χ2v) is 10.2. The maximum absolute atomic E-state index is 12.9. The fraction of sp³-hybridized carbons (Fsp3) is 0.556. The average Bonchev–Trinajstić information content (AvgIpc) is 3.18. The number of amides is 2. The van der Waals surface area contributed by atoms with Crippen molar-refractivity contribution in [1.82, 2.24) is 24.6 Å². The quantitative estimate of drug-likeness (QED) is 0.684. The molecule has 0 spiro atoms. The Labute approximate surface area is 203 Å². The van der Waals surface area contributed by atoms with Gasteiger partial charge in [0.15, 0.2) is 0 Å². The monoisotopic (exact) mass is 463 g/mol. The van der Waals surface area contributed by atoms with E-state index >= 15 is 0 Å². The van der Waals surface area contributed by atoms with Crippen LogP contribution in [0, 0.1) is 0 Å². The summed E-state index contributed by atoms with van der Waals surface area (Å²) in [5.74, 6) is 0.594. The summed E-state index contributed by atoms with van der Waals surface area (Å²) >= 11 is 0. The molecule has 2 fully saturated rings. The zero-order valence-corrected chi connectivity index (χ0v) is 20.3. The molecule has 0 saturated carbocycles. The maximum Gasteiger partial charge on any atom is 0.320 e. The number of aliphatic hydroxyl groups is 1. The predicted molar refractivity (Wildman–Crippen MR) is 133 cm³/mol. The van der Waals surface area contributed by atoms with E-state index in [-0.39, 0.29) is 6.03 Å². The van der Waals surface area contributed by atoms with Gasteiger partial charge in [-0.25, -0.2) is 4.79 Å². The number of aromatic nitrogens is 1. The minimum atomic E-state index is -0.541. The molecule has 7 nitrogen and oxygen atoms in total. The third kappa shape index (κ3) is 5.43. The van der Waals surface area contributed by atoms with Crippen molar-refractivity contribution in [3.05, 3.63) is 65.0 Å². The van der Waals surface area contributed by atoms with E-state index in [9.17, 15) is 9.90 Å². The van der Waals surface area contributed by atoms with E-state index in [0.29, 0.717) is 38.6 Å². The fourth-order valence-electron chi connectivity index (χ4n) is 5.58. The first-order valence-electron chi connectivity index (χ1n) is 12.7. The van der Waals surface area contributed by atoms with Crippen molar-refractivity contribution in [1.29, 1.82) is 0 Å². The Balaban J connectivity index is 1.09. The van der Waals surface area contributed by atoms with Crippen molar-refractivity contribution in [2.45, 2.75) is 44.4 Å². The topological polar surface area (TPSA) is 63.2 Å². The van der Waals surface area contributed by atoms with Gasteiger partial charge in [-0.05, 0) is 68.1 Å². The van der Waals surface area contributed by atoms with Gasteiger partial charge in [0.05, 0.1) is 18.3 Å². The van der Waals surface area contributed by atoms with Gasteiger partial charge in [0, 0.05) is 45.5 Å². The zero-order valence-electron chi connectivity index (χ0n) is 20.3. The van der Waals surface area contributed by atoms with E-state index in [1.165, 1.54) is 29.5 Å². The molecule has 7 heteroatoms. The van der Waals surface area contributed by atoms with Gasteiger partial charge in [-0.2, -0.15) is 0 Å². The van der Waals surface area contributed by atoms with Crippen LogP contribution < -0.4 is 0 Å². The number of fused-ring (bicyclic) bond motifs is 1. The lowest BCUT2D eigenvalue weighted by Gasteiger charge is -2.31. The number of rotatable bonds is 7. The van der Waals surface area contributed by atoms with Crippen LogP contribution in [0.4, 0.5) is 4.79 Å². The number of benzene rings is 1. The number of pyridine rings is 1. The summed E-state index contributed by atoms with van der Waals surface area (Å²) in [7, 11) is 2.18. The van der Waals surface area contributed by atoms with Crippen LogP contribution in [0.25, 0.3) is 0 Å². The normalized spacial score (nSPS) is 21.2. The molecule has 3 aliphatic heterocycles. The van der Waals surface area contributed by atoms with Gasteiger partial charge in [-0.1, -0.05) is 30.3 Å². The van der Waals surface area contributed by atoms with E-state index < -0.39 is 6.10 Å². The predicted octanol–water partition coefficient (Wildman–Crippen LogP) is 2.55. The largest absolute Gasteiger partial charge is 0.390 e. The molecule has 1 aromatic heterocycles. The van der Waals surface area contributed by atoms with Crippen molar-refractivity contribution < 1.29 is 9.90 Å². The van der Waals surface area contributed by atoms with Crippen molar-refractivity contribution in [3.63, 3.8) is 0 Å². The Hall–Kier alpha value is -2.48. The van der Waals surface area contributed by atoms with Gasteiger partial charge in [0.25, 0.3) is 0 Å². The van der Waals surface area contributed by atoms with Crippen molar-refractivity contribution in [2.75, 3.05) is 52.9 Å². The maximum atomic E-state index is 12.9. The lowest BCUT2D eigenvalue weighted by atomic mass is 9.90. The molecule has 1 N–H and O–H groups in total. The molecule has 2 saturated heterocycles. The summed E-state index contributed by atoms with van der Waals surface area (Å²) in [6.07, 6.45) is 4.85. The molecule has 5 rings (SSSR count). The second-order valence-electron chi connectivity index (χ2n) is 10.2. The van der Waals surface area contributed by atoms with Crippen LogP contribution in [0.2, 0.25) is 0 Å². The number of hydrogen-bond donors (Lipinski definition) is 1. The van der Waals surface area contributed by atoms with Crippen molar-refractivity contribution >= 4 is 6.03 Å². The summed E-state index contributed by atoms with van der Waals surface area (Å²) in [4.78, 5) is 25.9. The number of aliphatic hydroxyl groups excluding tert-OH is 1. The zero-order chi connectivity index (χ0) is 23.5. The summed E-state index contributed by atoms with van der Waals surface area (Å²) in [6.45, 7) is 6.95. The highest BCUT2D eigenvalue weighted by Crippen LogP contribution is 2.27. The number of β-amino-alcohol motifs (C(OH)–C–C–N with tert-alkyl or cyclic N) is 1. The van der Waals surface area contributed by atoms with Crippen LogP contribution >= 0.6 is 0 Å². The number of hydrogen-bond acceptors (Lipinski definition) is 5. The summed E-state index contributed by atoms with van der Waals surface area (Å²) < 4.78 is 0. The first-order valence-corrected chi connectivity index (χ1v) is 12.7. The molecule has 34 heavy (non-hydrogen) atoms. The van der Waals surface area contributed by atoms with Gasteiger partial charge in [-0.15, -0.1) is 0 Å². The summed E-state index contributed by atoms with van der Waals surface area (Å²) in [6, 6.07) is 12.8. The van der Waals surface area contributed by atoms with E-state index in [1.807, 2.05) is 11.1 Å². The van der Waals surface area contributed by atoms with E-state index in [1.54, 1.807) is 4.90 Å². The van der Waals surface area contributed by atoms with Gasteiger partial charge in [-0.3, -0.25) is 9.88 Å². The molecule has 2 amide bonds. The van der Waals surface area contributed by atoms with Crippen LogP contribution in [0.15, 0.2) is 42.6 Å². The fourth-order valence-corrected chi connectivity index (χ4v) is 5.58. The first-order chi connectivity index (χ1) is 16.5. The minimum Gasteiger partial charge on any atom is -0.390 e. The Bertz CT molecular complexity index is 973. The summed E-state index contributed by atoms with van der Waals surface area (Å²) in [5, 5.41) is 10.7. The molecule has 0 bridgehead atoms. The van der Waals surface area contributed by atoms with E-state index in [0.717, 1.165) is 38.3 Å². The summed E-state index contributed by atoms with van der Waals surface area (Å²) in [5.41, 5.74) is 5.00. The van der Waals surface area contributed by atoms with Crippen LogP contribution in [-0.2, 0) is 19.5 Å². The molecule has 4 heterocycles. The smallest absolute Gasteiger partial charge is 0.320 e. The molecule has 3 aliphatic rings. The van der Waals surface area contributed by atoms with Gasteiger partial charge in [0.1, 0.15) is 0 Å². The van der Waals surface area contributed by atoms with Gasteiger partial charge in [0.2, 0.25) is 0 Å². The molecular weight excluding hydrogens is 426 g/mol. The Morgan fingerprint density at radius 1 is 0.971 bits per heavy atom. The third-order valence-electron chi connectivity index (χ3n) is 7.68. The van der Waals surface area contributed by atoms with Crippen LogP contribution in [0.3, 0.4) is 0 Å². The molecule has 0 unspecified atom stereocenters. The SMILES string of the molecule is CN1CCC(c2ccc(CN3CCN(C[C@H](O)CN4CCc5ccccc5C4)C3=O)nc2)CC1. The highest BCUT2D eigenvalue weighted by atomic mass is 16.3. The van der Waals surface area contributed by atoms with E-state index in [2.05, 4.69) is 58.2 Å². The molecule has 0 radical (unpaired) electrons. The first kappa shape index (κ1) is 23.3. The number of piperidine rings is 1. The third-order valence-corrected chi connectivity index (χ3v) is 7.68. The van der Waals surface area contributed by atoms with Crippen LogP contribution in [0.1, 0.15) is 41.1 Å². The Kier molecular flexibility index (Phi) is 7.13. The number of nitrogens with zero attached hydrogens (tertiary/aromatic N) is 5. The molecule has 182 valence electrons. The number of carbonyl (C=O) groups is 1. The van der Waals surface area contributed by atoms with Crippen LogP contribution in [0.5, 0.6) is 0 Å². The second kappa shape index (κ2) is 10.4. The molecule has 0 aliphatic carbocycles. The number of carbonyl (C=O) groups excluding carboxylic acids is 1. The Morgan fingerprint density at radius 3 is 2.50 bits per heavy atom.